The van der Waals surface area contributed by atoms with E-state index in [1.807, 2.05) is 12.4 Å². The minimum Gasteiger partial charge on any atom is -0.467 e. The minimum absolute atomic E-state index is 0.404. The molecule has 1 aliphatic rings. The minimum atomic E-state index is 0.404. The molecule has 2 aromatic carbocycles. The predicted molar refractivity (Wildman–Crippen MR) is 112 cm³/mol. The molecule has 0 spiro atoms. The van der Waals surface area contributed by atoms with Crippen LogP contribution in [0.15, 0.2) is 60.9 Å². The van der Waals surface area contributed by atoms with Crippen LogP contribution >= 0.6 is 0 Å². The fourth-order valence-electron chi connectivity index (χ4n) is 4.48. The summed E-state index contributed by atoms with van der Waals surface area (Å²) in [4.78, 5) is 8.70. The van der Waals surface area contributed by atoms with Crippen LogP contribution in [0.25, 0.3) is 22.0 Å². The molecule has 0 saturated heterocycles. The number of rotatable bonds is 3. The van der Waals surface area contributed by atoms with E-state index in [0.29, 0.717) is 11.9 Å². The first-order valence-corrected chi connectivity index (χ1v) is 9.77. The summed E-state index contributed by atoms with van der Waals surface area (Å²) in [5.74, 6) is 0.547. The van der Waals surface area contributed by atoms with Gasteiger partial charge in [-0.25, -0.2) is 9.97 Å². The number of hydrogen-bond donors (Lipinski definition) is 0. The van der Waals surface area contributed by atoms with E-state index in [1.165, 1.54) is 33.3 Å². The molecule has 4 heteroatoms. The Morgan fingerprint density at radius 2 is 1.82 bits per heavy atom. The SMILES string of the molecule is COc1ncc(-c2c3n(c4ccc(C)cc24)CC(c2ccccc2)CC3)cn1. The van der Waals surface area contributed by atoms with Crippen LogP contribution in [0.2, 0.25) is 0 Å². The van der Waals surface area contributed by atoms with Crippen molar-refractivity contribution < 1.29 is 4.74 Å². The van der Waals surface area contributed by atoms with Gasteiger partial charge in [0.25, 0.3) is 0 Å². The third-order valence-electron chi connectivity index (χ3n) is 5.83. The van der Waals surface area contributed by atoms with Gasteiger partial charge in [-0.05, 0) is 37.5 Å². The Labute approximate surface area is 164 Å². The molecule has 1 atom stereocenters. The zero-order valence-corrected chi connectivity index (χ0v) is 16.2. The van der Waals surface area contributed by atoms with Gasteiger partial charge in [-0.2, -0.15) is 0 Å². The molecule has 0 aliphatic carbocycles. The van der Waals surface area contributed by atoms with Crippen LogP contribution < -0.4 is 4.74 Å². The largest absolute Gasteiger partial charge is 0.467 e. The van der Waals surface area contributed by atoms with Crippen LogP contribution in [0, 0.1) is 6.92 Å². The number of aryl methyl sites for hydroxylation is 1. The van der Waals surface area contributed by atoms with Gasteiger partial charge in [0.2, 0.25) is 0 Å². The average Bonchev–Trinajstić information content (AvgIpc) is 3.07. The molecule has 3 heterocycles. The van der Waals surface area contributed by atoms with Crippen LogP contribution in [0.4, 0.5) is 0 Å². The second-order valence-electron chi connectivity index (χ2n) is 7.56. The maximum absolute atomic E-state index is 5.14. The topological polar surface area (TPSA) is 39.9 Å². The van der Waals surface area contributed by atoms with Crippen molar-refractivity contribution in [3.05, 3.63) is 77.7 Å². The summed E-state index contributed by atoms with van der Waals surface area (Å²) in [5.41, 5.74) is 7.71. The van der Waals surface area contributed by atoms with E-state index in [-0.39, 0.29) is 0 Å². The maximum Gasteiger partial charge on any atom is 0.316 e. The van der Waals surface area contributed by atoms with Gasteiger partial charge in [-0.15, -0.1) is 0 Å². The Hall–Kier alpha value is -3.14. The summed E-state index contributed by atoms with van der Waals surface area (Å²) in [6.07, 6.45) is 5.97. The van der Waals surface area contributed by atoms with Gasteiger partial charge in [0.05, 0.1) is 7.11 Å². The number of ether oxygens (including phenoxy) is 1. The first kappa shape index (κ1) is 17.0. The van der Waals surface area contributed by atoms with Crippen LogP contribution in [0.1, 0.15) is 29.2 Å². The lowest BCUT2D eigenvalue weighted by Gasteiger charge is -2.26. The average molecular weight is 369 g/mol. The highest BCUT2D eigenvalue weighted by molar-refractivity contribution is 5.98. The van der Waals surface area contributed by atoms with Crippen molar-refractivity contribution in [2.75, 3.05) is 7.11 Å². The summed E-state index contributed by atoms with van der Waals surface area (Å²) in [7, 11) is 1.59. The maximum atomic E-state index is 5.14. The normalized spacial score (nSPS) is 16.1. The van der Waals surface area contributed by atoms with Crippen molar-refractivity contribution in [2.45, 2.75) is 32.2 Å². The lowest BCUT2D eigenvalue weighted by atomic mass is 9.89. The van der Waals surface area contributed by atoms with E-state index in [0.717, 1.165) is 24.9 Å². The van der Waals surface area contributed by atoms with Crippen molar-refractivity contribution >= 4 is 10.9 Å². The fraction of sp³-hybridized carbons (Fsp3) is 0.250. The molecule has 5 rings (SSSR count). The number of methoxy groups -OCH3 is 1. The van der Waals surface area contributed by atoms with E-state index in [9.17, 15) is 0 Å². The van der Waals surface area contributed by atoms with Crippen molar-refractivity contribution in [3.63, 3.8) is 0 Å². The molecule has 0 amide bonds. The van der Waals surface area contributed by atoms with Crippen LogP contribution in [0.5, 0.6) is 6.01 Å². The number of aromatic nitrogens is 3. The van der Waals surface area contributed by atoms with Crippen molar-refractivity contribution in [2.24, 2.45) is 0 Å². The molecule has 0 radical (unpaired) electrons. The molecule has 2 aromatic heterocycles. The third kappa shape index (κ3) is 2.76. The first-order chi connectivity index (χ1) is 13.7. The molecule has 4 aromatic rings. The molecule has 0 fully saturated rings. The smallest absolute Gasteiger partial charge is 0.316 e. The molecule has 1 unspecified atom stereocenters. The number of fused-ring (bicyclic) bond motifs is 3. The molecule has 0 saturated carbocycles. The van der Waals surface area contributed by atoms with Gasteiger partial charge in [-0.3, -0.25) is 0 Å². The van der Waals surface area contributed by atoms with E-state index in [4.69, 9.17) is 4.74 Å². The van der Waals surface area contributed by atoms with Gasteiger partial charge in [0.1, 0.15) is 0 Å². The van der Waals surface area contributed by atoms with Crippen molar-refractivity contribution in [1.29, 1.82) is 0 Å². The number of benzene rings is 2. The summed E-state index contributed by atoms with van der Waals surface area (Å²) in [6, 6.07) is 18.0. The van der Waals surface area contributed by atoms with Crippen LogP contribution in [0.3, 0.4) is 0 Å². The summed E-state index contributed by atoms with van der Waals surface area (Å²) in [6.45, 7) is 3.16. The molecule has 0 bridgehead atoms. The van der Waals surface area contributed by atoms with Gasteiger partial charge in [-0.1, -0.05) is 42.0 Å². The molecule has 140 valence electrons. The quantitative estimate of drug-likeness (QED) is 0.502. The lowest BCUT2D eigenvalue weighted by molar-refractivity contribution is 0.380. The van der Waals surface area contributed by atoms with Gasteiger partial charge in [0.15, 0.2) is 0 Å². The number of nitrogens with zero attached hydrogens (tertiary/aromatic N) is 3. The molecule has 28 heavy (non-hydrogen) atoms. The highest BCUT2D eigenvalue weighted by Crippen LogP contribution is 2.41. The van der Waals surface area contributed by atoms with E-state index in [2.05, 4.69) is 70.0 Å². The van der Waals surface area contributed by atoms with E-state index < -0.39 is 0 Å². The van der Waals surface area contributed by atoms with Crippen LogP contribution in [-0.2, 0) is 13.0 Å². The van der Waals surface area contributed by atoms with Crippen molar-refractivity contribution in [3.8, 4) is 17.1 Å². The molecule has 0 N–H and O–H groups in total. The highest BCUT2D eigenvalue weighted by atomic mass is 16.5. The van der Waals surface area contributed by atoms with Crippen LogP contribution in [-0.4, -0.2) is 21.6 Å². The highest BCUT2D eigenvalue weighted by Gasteiger charge is 2.26. The predicted octanol–water partition coefficient (Wildman–Crippen LogP) is 5.15. The zero-order valence-electron chi connectivity index (χ0n) is 16.2. The van der Waals surface area contributed by atoms with Crippen molar-refractivity contribution in [1.82, 2.24) is 14.5 Å². The Morgan fingerprint density at radius 3 is 2.57 bits per heavy atom. The standard InChI is InChI=1S/C24H23N3O/c1-16-8-10-21-20(12-16)23(19-13-25-24(28-2)26-14-19)22-11-9-18(15-27(21)22)17-6-4-3-5-7-17/h3-8,10,12-14,18H,9,11,15H2,1-2H3. The Kier molecular flexibility index (Phi) is 4.12. The fourth-order valence-corrected chi connectivity index (χ4v) is 4.48. The Bertz CT molecular complexity index is 1130. The second-order valence-corrected chi connectivity index (χ2v) is 7.56. The van der Waals surface area contributed by atoms with Gasteiger partial charge < -0.3 is 9.30 Å². The van der Waals surface area contributed by atoms with Gasteiger partial charge in [0, 0.05) is 52.6 Å². The van der Waals surface area contributed by atoms with Gasteiger partial charge >= 0.3 is 6.01 Å². The molecular weight excluding hydrogens is 346 g/mol. The summed E-state index contributed by atoms with van der Waals surface area (Å²) in [5, 5.41) is 1.29. The lowest BCUT2D eigenvalue weighted by Crippen LogP contribution is -2.18. The Morgan fingerprint density at radius 1 is 1.04 bits per heavy atom. The van der Waals surface area contributed by atoms with E-state index >= 15 is 0 Å². The van der Waals surface area contributed by atoms with E-state index in [1.54, 1.807) is 7.11 Å². The Balaban J connectivity index is 1.67. The monoisotopic (exact) mass is 369 g/mol. The zero-order chi connectivity index (χ0) is 19.1. The molecule has 4 nitrogen and oxygen atoms in total. The summed E-state index contributed by atoms with van der Waals surface area (Å²) >= 11 is 0. The molecule has 1 aliphatic heterocycles. The first-order valence-electron chi connectivity index (χ1n) is 9.77. The molecular formula is C24H23N3O. The number of hydrogen-bond acceptors (Lipinski definition) is 3. The second kappa shape index (κ2) is 6.79. The summed E-state index contributed by atoms with van der Waals surface area (Å²) < 4.78 is 7.65. The third-order valence-corrected chi connectivity index (χ3v) is 5.83.